The van der Waals surface area contributed by atoms with E-state index in [1.165, 1.54) is 0 Å². The predicted molar refractivity (Wildman–Crippen MR) is 115 cm³/mol. The highest BCUT2D eigenvalue weighted by molar-refractivity contribution is 5.86. The maximum Gasteiger partial charge on any atom is 0.262 e. The van der Waals surface area contributed by atoms with Crippen molar-refractivity contribution < 1.29 is 14.3 Å². The van der Waals surface area contributed by atoms with Gasteiger partial charge in [0.1, 0.15) is 23.3 Å². The molecule has 0 heterocycles. The summed E-state index contributed by atoms with van der Waals surface area (Å²) < 4.78 is 10.9. The Morgan fingerprint density at radius 1 is 0.931 bits per heavy atom. The minimum atomic E-state index is -0.451. The van der Waals surface area contributed by atoms with E-state index in [0.717, 1.165) is 22.7 Å². The number of ether oxygens (including phenoxy) is 2. The van der Waals surface area contributed by atoms with Gasteiger partial charge in [-0.25, -0.2) is 5.43 Å². The lowest BCUT2D eigenvalue weighted by Crippen LogP contribution is -2.34. The van der Waals surface area contributed by atoms with Crippen molar-refractivity contribution in [2.24, 2.45) is 5.10 Å². The fourth-order valence-electron chi connectivity index (χ4n) is 2.55. The number of hydrazone groups is 1. The molecule has 1 atom stereocenters. The average Bonchev–Trinajstić information content (AvgIpc) is 2.75. The Morgan fingerprint density at radius 3 is 2.38 bits per heavy atom. The number of nitrogens with zero attached hydrogens (tertiary/aromatic N) is 1. The quantitative estimate of drug-likeness (QED) is 0.441. The van der Waals surface area contributed by atoms with Gasteiger partial charge in [0.05, 0.1) is 13.3 Å². The Kier molecular flexibility index (Phi) is 6.84. The lowest BCUT2D eigenvalue weighted by atomic mass is 10.2. The van der Waals surface area contributed by atoms with E-state index >= 15 is 0 Å². The molecule has 0 radical (unpaired) electrons. The van der Waals surface area contributed by atoms with Gasteiger partial charge < -0.3 is 14.8 Å². The fraction of sp³-hybridized carbons (Fsp3) is 0.130. The summed E-state index contributed by atoms with van der Waals surface area (Å²) in [4.78, 5) is 12.2. The molecule has 0 spiro atoms. The lowest BCUT2D eigenvalue weighted by Gasteiger charge is -2.13. The third kappa shape index (κ3) is 6.10. The van der Waals surface area contributed by atoms with Crippen LogP contribution in [0, 0.1) is 0 Å². The molecule has 148 valence electrons. The second-order valence-electron chi connectivity index (χ2n) is 6.32. The van der Waals surface area contributed by atoms with Crippen molar-refractivity contribution in [2.75, 3.05) is 12.4 Å². The zero-order valence-electron chi connectivity index (χ0n) is 16.3. The second kappa shape index (κ2) is 9.94. The number of para-hydroxylation sites is 1. The number of carbonyl (C=O) groups excluding carboxylic acids is 1. The summed E-state index contributed by atoms with van der Waals surface area (Å²) >= 11 is 0. The SMILES string of the molecule is COc1ccc(NC(C)C(=O)NN=Cc2cccc(Oc3ccccc3)c2)cc1. The van der Waals surface area contributed by atoms with Crippen LogP contribution in [0.5, 0.6) is 17.2 Å². The van der Waals surface area contributed by atoms with E-state index in [1.54, 1.807) is 20.2 Å². The van der Waals surface area contributed by atoms with Gasteiger partial charge in [-0.2, -0.15) is 5.10 Å². The van der Waals surface area contributed by atoms with Gasteiger partial charge in [0, 0.05) is 5.69 Å². The van der Waals surface area contributed by atoms with Crippen LogP contribution in [-0.4, -0.2) is 25.3 Å². The van der Waals surface area contributed by atoms with Crippen LogP contribution in [0.4, 0.5) is 5.69 Å². The largest absolute Gasteiger partial charge is 0.497 e. The molecule has 0 fully saturated rings. The molecule has 6 heteroatoms. The standard InChI is InChI=1S/C23H23N3O3/c1-17(25-19-11-13-20(28-2)14-12-19)23(27)26-24-16-18-7-6-10-22(15-18)29-21-8-4-3-5-9-21/h3-17,25H,1-2H3,(H,26,27). The van der Waals surface area contributed by atoms with Crippen LogP contribution in [-0.2, 0) is 4.79 Å². The highest BCUT2D eigenvalue weighted by Gasteiger charge is 2.11. The zero-order chi connectivity index (χ0) is 20.5. The zero-order valence-corrected chi connectivity index (χ0v) is 16.3. The Balaban J connectivity index is 1.53. The Morgan fingerprint density at radius 2 is 1.66 bits per heavy atom. The molecule has 0 aliphatic heterocycles. The van der Waals surface area contributed by atoms with Crippen LogP contribution in [0.3, 0.4) is 0 Å². The molecule has 0 aromatic heterocycles. The number of methoxy groups -OCH3 is 1. The maximum absolute atomic E-state index is 12.2. The molecule has 3 aromatic rings. The molecule has 0 saturated carbocycles. The van der Waals surface area contributed by atoms with Crippen molar-refractivity contribution in [1.29, 1.82) is 0 Å². The topological polar surface area (TPSA) is 72.0 Å². The van der Waals surface area contributed by atoms with Gasteiger partial charge in [-0.1, -0.05) is 30.3 Å². The normalized spacial score (nSPS) is 11.7. The van der Waals surface area contributed by atoms with E-state index in [9.17, 15) is 4.79 Å². The van der Waals surface area contributed by atoms with Gasteiger partial charge in [0.2, 0.25) is 0 Å². The minimum absolute atomic E-state index is 0.242. The van der Waals surface area contributed by atoms with Crippen molar-refractivity contribution in [3.8, 4) is 17.2 Å². The summed E-state index contributed by atoms with van der Waals surface area (Å²) in [6.07, 6.45) is 1.58. The minimum Gasteiger partial charge on any atom is -0.497 e. The van der Waals surface area contributed by atoms with Gasteiger partial charge in [0.15, 0.2) is 0 Å². The number of nitrogens with one attached hydrogen (secondary N) is 2. The molecule has 1 amide bonds. The lowest BCUT2D eigenvalue weighted by molar-refractivity contribution is -0.121. The van der Waals surface area contributed by atoms with Crippen LogP contribution in [0.25, 0.3) is 0 Å². The number of hydrogen-bond acceptors (Lipinski definition) is 5. The summed E-state index contributed by atoms with van der Waals surface area (Å²) in [5, 5.41) is 7.16. The van der Waals surface area contributed by atoms with Crippen LogP contribution in [0.2, 0.25) is 0 Å². The van der Waals surface area contributed by atoms with E-state index in [0.29, 0.717) is 5.75 Å². The average molecular weight is 389 g/mol. The van der Waals surface area contributed by atoms with Crippen molar-refractivity contribution in [2.45, 2.75) is 13.0 Å². The first-order valence-corrected chi connectivity index (χ1v) is 9.20. The van der Waals surface area contributed by atoms with Crippen molar-refractivity contribution in [3.05, 3.63) is 84.4 Å². The first-order valence-electron chi connectivity index (χ1n) is 9.20. The van der Waals surface area contributed by atoms with E-state index in [1.807, 2.05) is 78.9 Å². The Bertz CT molecular complexity index is 957. The summed E-state index contributed by atoms with van der Waals surface area (Å²) in [6.45, 7) is 1.77. The number of anilines is 1. The molecule has 29 heavy (non-hydrogen) atoms. The molecule has 0 bridgehead atoms. The third-order valence-corrected chi connectivity index (χ3v) is 4.09. The maximum atomic E-state index is 12.2. The molecule has 0 aliphatic rings. The van der Waals surface area contributed by atoms with Crippen LogP contribution >= 0.6 is 0 Å². The van der Waals surface area contributed by atoms with Gasteiger partial charge in [-0.05, 0) is 61.0 Å². The molecular weight excluding hydrogens is 366 g/mol. The van der Waals surface area contributed by atoms with Crippen LogP contribution in [0.1, 0.15) is 12.5 Å². The number of carbonyl (C=O) groups is 1. The molecule has 0 saturated heterocycles. The third-order valence-electron chi connectivity index (χ3n) is 4.09. The van der Waals surface area contributed by atoms with Gasteiger partial charge in [-0.15, -0.1) is 0 Å². The molecule has 2 N–H and O–H groups in total. The predicted octanol–water partition coefficient (Wildman–Crippen LogP) is 4.44. The molecule has 1 unspecified atom stereocenters. The van der Waals surface area contributed by atoms with Gasteiger partial charge in [-0.3, -0.25) is 4.79 Å². The first kappa shape index (κ1) is 19.9. The highest BCUT2D eigenvalue weighted by Crippen LogP contribution is 2.21. The van der Waals surface area contributed by atoms with E-state index in [2.05, 4.69) is 15.8 Å². The number of rotatable bonds is 8. The molecule has 0 aliphatic carbocycles. The smallest absolute Gasteiger partial charge is 0.262 e. The van der Waals surface area contributed by atoms with E-state index in [-0.39, 0.29) is 5.91 Å². The number of hydrogen-bond donors (Lipinski definition) is 2. The van der Waals surface area contributed by atoms with Gasteiger partial charge >= 0.3 is 0 Å². The van der Waals surface area contributed by atoms with Gasteiger partial charge in [0.25, 0.3) is 5.91 Å². The van der Waals surface area contributed by atoms with Crippen molar-refractivity contribution in [3.63, 3.8) is 0 Å². The fourth-order valence-corrected chi connectivity index (χ4v) is 2.55. The summed E-state index contributed by atoms with van der Waals surface area (Å²) in [6, 6.07) is 23.9. The molecule has 3 rings (SSSR count). The molecule has 3 aromatic carbocycles. The van der Waals surface area contributed by atoms with E-state index in [4.69, 9.17) is 9.47 Å². The summed E-state index contributed by atoms with van der Waals surface area (Å²) in [5.41, 5.74) is 4.18. The number of benzene rings is 3. The summed E-state index contributed by atoms with van der Waals surface area (Å²) in [5.74, 6) is 1.97. The highest BCUT2D eigenvalue weighted by atomic mass is 16.5. The van der Waals surface area contributed by atoms with Crippen molar-refractivity contribution in [1.82, 2.24) is 5.43 Å². The second-order valence-corrected chi connectivity index (χ2v) is 6.32. The van der Waals surface area contributed by atoms with E-state index < -0.39 is 6.04 Å². The number of amides is 1. The Labute approximate surface area is 170 Å². The monoisotopic (exact) mass is 389 g/mol. The van der Waals surface area contributed by atoms with Crippen molar-refractivity contribution >= 4 is 17.8 Å². The molecular formula is C23H23N3O3. The van der Waals surface area contributed by atoms with Crippen LogP contribution < -0.4 is 20.2 Å². The Hall–Kier alpha value is -3.80. The first-order chi connectivity index (χ1) is 14.1. The molecule has 6 nitrogen and oxygen atoms in total. The summed E-state index contributed by atoms with van der Waals surface area (Å²) in [7, 11) is 1.61. The van der Waals surface area contributed by atoms with Crippen LogP contribution in [0.15, 0.2) is 84.0 Å².